The lowest BCUT2D eigenvalue weighted by atomic mass is 9.98. The number of anilines is 3. The van der Waals surface area contributed by atoms with E-state index in [2.05, 4.69) is 31.6 Å². The van der Waals surface area contributed by atoms with Crippen molar-refractivity contribution in [2.24, 2.45) is 0 Å². The zero-order chi connectivity index (χ0) is 43.2. The van der Waals surface area contributed by atoms with E-state index >= 15 is 0 Å². The van der Waals surface area contributed by atoms with Crippen molar-refractivity contribution < 1.29 is 38.3 Å². The summed E-state index contributed by atoms with van der Waals surface area (Å²) in [5.41, 5.74) is 5.00. The Kier molecular flexibility index (Phi) is 12.3. The van der Waals surface area contributed by atoms with Crippen LogP contribution in [0.2, 0.25) is 0 Å². The molecular weight excluding hydrogens is 781 g/mol. The van der Waals surface area contributed by atoms with Crippen LogP contribution in [0.15, 0.2) is 91.1 Å². The fourth-order valence-corrected chi connectivity index (χ4v) is 7.48. The zero-order valence-corrected chi connectivity index (χ0v) is 33.8. The van der Waals surface area contributed by atoms with E-state index in [9.17, 15) is 33.6 Å². The van der Waals surface area contributed by atoms with Gasteiger partial charge in [0, 0.05) is 68.1 Å². The van der Waals surface area contributed by atoms with Gasteiger partial charge in [-0.1, -0.05) is 36.4 Å². The van der Waals surface area contributed by atoms with E-state index in [1.807, 2.05) is 54.6 Å². The minimum absolute atomic E-state index is 0.0140. The van der Waals surface area contributed by atoms with Gasteiger partial charge in [-0.2, -0.15) is 0 Å². The maximum absolute atomic E-state index is 13.4. The number of likely N-dealkylation sites (N-methyl/N-ethyl adjacent to an activating group) is 1. The highest BCUT2D eigenvalue weighted by atomic mass is 16.5. The van der Waals surface area contributed by atoms with E-state index < -0.39 is 29.7 Å². The fourth-order valence-electron chi connectivity index (χ4n) is 7.48. The normalized spacial score (nSPS) is 14.6. The van der Waals surface area contributed by atoms with Crippen LogP contribution in [0.4, 0.5) is 17.1 Å². The average molecular weight is 825 g/mol. The first kappa shape index (κ1) is 41.5. The topological polar surface area (TPSA) is 208 Å². The van der Waals surface area contributed by atoms with E-state index in [0.29, 0.717) is 65.1 Å². The first-order valence-corrected chi connectivity index (χ1v) is 19.7. The average Bonchev–Trinajstić information content (AvgIpc) is 3.52. The lowest BCUT2D eigenvalue weighted by Gasteiger charge is -2.28. The minimum Gasteiger partial charge on any atom is -0.496 e. The molecule has 1 atom stereocenters. The maximum atomic E-state index is 13.4. The summed E-state index contributed by atoms with van der Waals surface area (Å²) >= 11 is 0. The number of ether oxygens (including phenoxy) is 1. The number of hydrogen-bond acceptors (Lipinski definition) is 11. The number of para-hydroxylation sites is 1. The number of amides is 7. The SMILES string of the molecule is CNC(=O)c1cnc2cc(OC)c(-c3ccc(C(=O)NCCCCNC(=O)CN(C)c4cccc5c4C(=O)N(C4CCC(=O)NC4=O)C5=O)cc3)cc2c1Nc1ccccc1. The minimum atomic E-state index is -1.09. The summed E-state index contributed by atoms with van der Waals surface area (Å²) < 4.78 is 5.74. The van der Waals surface area contributed by atoms with Crippen molar-refractivity contribution in [3.63, 3.8) is 0 Å². The number of nitrogens with zero attached hydrogens (tertiary/aromatic N) is 3. The van der Waals surface area contributed by atoms with Crippen LogP contribution in [0.5, 0.6) is 5.75 Å². The molecule has 4 aromatic carbocycles. The third-order valence-electron chi connectivity index (χ3n) is 10.6. The number of aromatic nitrogens is 1. The number of methoxy groups -OCH3 is 1. The Morgan fingerprint density at radius 1 is 0.869 bits per heavy atom. The molecule has 7 rings (SSSR count). The maximum Gasteiger partial charge on any atom is 0.264 e. The molecule has 2 aliphatic heterocycles. The van der Waals surface area contributed by atoms with Gasteiger partial charge in [0.1, 0.15) is 11.8 Å². The van der Waals surface area contributed by atoms with Crippen molar-refractivity contribution in [1.29, 1.82) is 0 Å². The van der Waals surface area contributed by atoms with E-state index in [4.69, 9.17) is 4.74 Å². The van der Waals surface area contributed by atoms with Crippen LogP contribution < -0.4 is 36.2 Å². The van der Waals surface area contributed by atoms with E-state index in [1.54, 1.807) is 50.4 Å². The first-order valence-electron chi connectivity index (χ1n) is 19.7. The molecule has 5 N–H and O–H groups in total. The summed E-state index contributed by atoms with van der Waals surface area (Å²) in [4.78, 5) is 96.5. The second kappa shape index (κ2) is 18.1. The number of nitrogens with one attached hydrogen (secondary N) is 5. The lowest BCUT2D eigenvalue weighted by molar-refractivity contribution is -0.136. The van der Waals surface area contributed by atoms with Gasteiger partial charge in [-0.25, -0.2) is 0 Å². The fraction of sp³-hybridized carbons (Fsp3) is 0.244. The van der Waals surface area contributed by atoms with Gasteiger partial charge in [-0.15, -0.1) is 0 Å². The molecule has 0 radical (unpaired) electrons. The van der Waals surface area contributed by atoms with Crippen molar-refractivity contribution in [2.45, 2.75) is 31.7 Å². The molecule has 5 aromatic rings. The number of rotatable bonds is 15. The molecule has 3 heterocycles. The monoisotopic (exact) mass is 824 g/mol. The van der Waals surface area contributed by atoms with Gasteiger partial charge in [0.2, 0.25) is 17.7 Å². The molecule has 61 heavy (non-hydrogen) atoms. The molecule has 2 aliphatic rings. The van der Waals surface area contributed by atoms with Crippen molar-refractivity contribution in [3.8, 4) is 16.9 Å². The van der Waals surface area contributed by atoms with Crippen molar-refractivity contribution in [2.75, 3.05) is 51.1 Å². The third-order valence-corrected chi connectivity index (χ3v) is 10.6. The number of unbranched alkanes of at least 4 members (excludes halogenated alkanes) is 1. The number of carbonyl (C=O) groups excluding carboxylic acids is 7. The Labute approximate surface area is 351 Å². The summed E-state index contributed by atoms with van der Waals surface area (Å²) in [6.45, 7) is 0.623. The van der Waals surface area contributed by atoms with Gasteiger partial charge in [0.15, 0.2) is 0 Å². The van der Waals surface area contributed by atoms with Gasteiger partial charge >= 0.3 is 0 Å². The van der Waals surface area contributed by atoms with Gasteiger partial charge in [-0.3, -0.25) is 48.8 Å². The van der Waals surface area contributed by atoms with Gasteiger partial charge in [0.25, 0.3) is 23.6 Å². The second-order valence-electron chi connectivity index (χ2n) is 14.6. The Bertz CT molecular complexity index is 2560. The molecule has 16 nitrogen and oxygen atoms in total. The van der Waals surface area contributed by atoms with Gasteiger partial charge in [0.05, 0.1) is 47.2 Å². The van der Waals surface area contributed by atoms with Crippen LogP contribution in [0.3, 0.4) is 0 Å². The molecule has 1 saturated heterocycles. The number of benzene rings is 4. The zero-order valence-electron chi connectivity index (χ0n) is 33.8. The van der Waals surface area contributed by atoms with E-state index in [0.717, 1.165) is 21.7 Å². The summed E-state index contributed by atoms with van der Waals surface area (Å²) in [5.74, 6) is -2.70. The molecule has 1 fully saturated rings. The number of imide groups is 2. The van der Waals surface area contributed by atoms with Crippen molar-refractivity contribution >= 4 is 69.3 Å². The van der Waals surface area contributed by atoms with Crippen LogP contribution in [-0.4, -0.2) is 98.1 Å². The highest BCUT2D eigenvalue weighted by molar-refractivity contribution is 6.25. The molecule has 0 saturated carbocycles. The molecule has 1 aromatic heterocycles. The summed E-state index contributed by atoms with van der Waals surface area (Å²) in [6.07, 6.45) is 2.77. The molecule has 16 heteroatoms. The van der Waals surface area contributed by atoms with E-state index in [-0.39, 0.29) is 48.2 Å². The predicted octanol–water partition coefficient (Wildman–Crippen LogP) is 4.18. The highest BCUT2D eigenvalue weighted by Gasteiger charge is 2.46. The van der Waals surface area contributed by atoms with Crippen LogP contribution in [-0.2, 0) is 14.4 Å². The second-order valence-corrected chi connectivity index (χ2v) is 14.6. The molecule has 7 amide bonds. The Hall–Kier alpha value is -7.62. The van der Waals surface area contributed by atoms with Gasteiger partial charge < -0.3 is 30.9 Å². The Balaban J connectivity index is 0.916. The molecule has 312 valence electrons. The number of hydrogen-bond donors (Lipinski definition) is 5. The largest absolute Gasteiger partial charge is 0.496 e. The number of carbonyl (C=O) groups is 7. The molecule has 0 aliphatic carbocycles. The number of piperidine rings is 1. The van der Waals surface area contributed by atoms with E-state index in [1.165, 1.54) is 12.3 Å². The lowest BCUT2D eigenvalue weighted by Crippen LogP contribution is -2.54. The van der Waals surface area contributed by atoms with Crippen LogP contribution in [0.25, 0.3) is 22.0 Å². The van der Waals surface area contributed by atoms with Crippen LogP contribution in [0, 0.1) is 0 Å². The molecule has 0 bridgehead atoms. The van der Waals surface area contributed by atoms with Crippen molar-refractivity contribution in [1.82, 2.24) is 31.2 Å². The Morgan fingerprint density at radius 2 is 1.61 bits per heavy atom. The summed E-state index contributed by atoms with van der Waals surface area (Å²) in [7, 11) is 4.77. The number of fused-ring (bicyclic) bond motifs is 2. The molecule has 1 unspecified atom stereocenters. The quantitative estimate of drug-likeness (QED) is 0.0748. The highest BCUT2D eigenvalue weighted by Crippen LogP contribution is 2.39. The van der Waals surface area contributed by atoms with Gasteiger partial charge in [-0.05, 0) is 67.3 Å². The molecule has 0 spiro atoms. The summed E-state index contributed by atoms with van der Waals surface area (Å²) in [5, 5.41) is 14.7. The smallest absolute Gasteiger partial charge is 0.264 e. The standard InChI is InChI=1S/C45H44N8O8/c1-46-42(57)32-24-49-33-23-36(61-3)30(22-31(33)40(32)50-28-10-5-4-6-11-28)26-14-16-27(17-15-26)41(56)48-21-8-7-20-47-38(55)25-52(2)34-13-9-12-29-39(34)45(60)53(44(29)59)35-18-19-37(54)51-43(35)58/h4-6,9-17,22-24,35H,7-8,18-21,25H2,1-3H3,(H,46,57)(H,47,55)(H,48,56)(H,49,50)(H,51,54,58). The predicted molar refractivity (Wildman–Crippen MR) is 228 cm³/mol. The number of pyridine rings is 1. The van der Waals surface area contributed by atoms with Crippen LogP contribution >= 0.6 is 0 Å². The Morgan fingerprint density at radius 3 is 2.31 bits per heavy atom. The first-order chi connectivity index (χ1) is 29.5. The van der Waals surface area contributed by atoms with Crippen molar-refractivity contribution in [3.05, 3.63) is 113 Å². The van der Waals surface area contributed by atoms with Crippen LogP contribution in [0.1, 0.15) is 67.1 Å². The molecular formula is C45H44N8O8. The third kappa shape index (κ3) is 8.73. The summed E-state index contributed by atoms with van der Waals surface area (Å²) in [6, 6.07) is 24.0.